The van der Waals surface area contributed by atoms with Gasteiger partial charge in [0.15, 0.2) is 0 Å². The quantitative estimate of drug-likeness (QED) is 0.742. The molecule has 2 aliphatic rings. The molecule has 6 heteroatoms. The van der Waals surface area contributed by atoms with Crippen molar-refractivity contribution in [2.75, 3.05) is 6.54 Å². The molecule has 5 nitrogen and oxygen atoms in total. The predicted octanol–water partition coefficient (Wildman–Crippen LogP) is 0.535. The molecule has 2 aliphatic heterocycles. The maximum Gasteiger partial charge on any atom is 0.491 e. The molecular formula is C13H11BN2O3. The second kappa shape index (κ2) is 4.88. The molecule has 1 aromatic rings. The number of hydrogen-bond acceptors (Lipinski definition) is 5. The Labute approximate surface area is 110 Å². The van der Waals surface area contributed by atoms with Crippen molar-refractivity contribution in [1.82, 2.24) is 0 Å². The summed E-state index contributed by atoms with van der Waals surface area (Å²) in [6.45, 7) is 0.994. The molecule has 0 saturated carbocycles. The van der Waals surface area contributed by atoms with Crippen molar-refractivity contribution in [3.8, 4) is 11.8 Å². The fourth-order valence-electron chi connectivity index (χ4n) is 2.11. The number of nitrogens with zero attached hydrogens (tertiary/aromatic N) is 2. The first-order valence-electron chi connectivity index (χ1n) is 6.03. The lowest BCUT2D eigenvalue weighted by molar-refractivity contribution is 0.275. The molecule has 0 radical (unpaired) electrons. The highest BCUT2D eigenvalue weighted by Crippen LogP contribution is 2.19. The number of hydrogen-bond donors (Lipinski definition) is 1. The number of benzene rings is 1. The van der Waals surface area contributed by atoms with Crippen LogP contribution in [-0.2, 0) is 11.3 Å². The van der Waals surface area contributed by atoms with Crippen molar-refractivity contribution >= 4 is 18.5 Å². The van der Waals surface area contributed by atoms with Crippen molar-refractivity contribution in [3.05, 3.63) is 35.4 Å². The van der Waals surface area contributed by atoms with Crippen molar-refractivity contribution in [3.63, 3.8) is 0 Å². The summed E-state index contributed by atoms with van der Waals surface area (Å²) >= 11 is 0. The third kappa shape index (κ3) is 2.26. The molecule has 0 unspecified atom stereocenters. The van der Waals surface area contributed by atoms with Gasteiger partial charge in [-0.05, 0) is 29.6 Å². The van der Waals surface area contributed by atoms with Crippen molar-refractivity contribution in [1.29, 1.82) is 5.26 Å². The average molecular weight is 254 g/mol. The van der Waals surface area contributed by atoms with Gasteiger partial charge in [0.05, 0.1) is 6.61 Å². The van der Waals surface area contributed by atoms with Gasteiger partial charge in [-0.15, -0.1) is 0 Å². The summed E-state index contributed by atoms with van der Waals surface area (Å²) in [6, 6.07) is 7.38. The van der Waals surface area contributed by atoms with E-state index in [0.717, 1.165) is 17.4 Å². The fourth-order valence-corrected chi connectivity index (χ4v) is 2.11. The van der Waals surface area contributed by atoms with Crippen LogP contribution in [0, 0.1) is 11.3 Å². The number of ether oxygens (including phenoxy) is 1. The number of nitriles is 1. The summed E-state index contributed by atoms with van der Waals surface area (Å²) < 4.78 is 10.8. The molecule has 19 heavy (non-hydrogen) atoms. The number of fused-ring (bicyclic) bond motifs is 1. The van der Waals surface area contributed by atoms with Crippen LogP contribution >= 0.6 is 0 Å². The minimum absolute atomic E-state index is 0.355. The van der Waals surface area contributed by atoms with E-state index in [9.17, 15) is 5.02 Å². The van der Waals surface area contributed by atoms with Crippen LogP contribution in [0.1, 0.15) is 12.0 Å². The molecule has 0 fully saturated rings. The Morgan fingerprint density at radius 1 is 1.47 bits per heavy atom. The maximum atomic E-state index is 9.53. The zero-order valence-corrected chi connectivity index (χ0v) is 10.2. The largest absolute Gasteiger partial charge is 0.491 e. The standard InChI is InChI=1S/C13H11BN2O3/c15-7-9-2-1-5-16-13(9)19-11-3-4-12-10(6-11)8-18-14(12)17/h2-4,6,17H,1,5,8H2. The number of aliphatic imine (C=N–C) groups is 1. The van der Waals surface area contributed by atoms with E-state index in [1.54, 1.807) is 18.2 Å². The first-order valence-corrected chi connectivity index (χ1v) is 6.03. The van der Waals surface area contributed by atoms with Crippen LogP contribution in [0.2, 0.25) is 0 Å². The van der Waals surface area contributed by atoms with E-state index < -0.39 is 7.12 Å². The van der Waals surface area contributed by atoms with Gasteiger partial charge >= 0.3 is 7.12 Å². The maximum absolute atomic E-state index is 9.53. The van der Waals surface area contributed by atoms with E-state index >= 15 is 0 Å². The lowest BCUT2D eigenvalue weighted by Gasteiger charge is -2.12. The van der Waals surface area contributed by atoms with Gasteiger partial charge in [0.2, 0.25) is 5.90 Å². The fraction of sp³-hybridized carbons (Fsp3) is 0.231. The Morgan fingerprint density at radius 3 is 3.21 bits per heavy atom. The normalized spacial score (nSPS) is 17.4. The molecule has 0 bridgehead atoms. The van der Waals surface area contributed by atoms with Crippen LogP contribution in [-0.4, -0.2) is 24.6 Å². The second-order valence-electron chi connectivity index (χ2n) is 4.33. The summed E-state index contributed by atoms with van der Waals surface area (Å²) in [6.07, 6.45) is 2.59. The van der Waals surface area contributed by atoms with Crippen LogP contribution in [0.4, 0.5) is 0 Å². The van der Waals surface area contributed by atoms with Crippen LogP contribution in [0.3, 0.4) is 0 Å². The molecule has 1 N–H and O–H groups in total. The Morgan fingerprint density at radius 2 is 2.37 bits per heavy atom. The molecule has 0 spiro atoms. The first-order chi connectivity index (χ1) is 9.28. The van der Waals surface area contributed by atoms with E-state index in [1.807, 2.05) is 6.08 Å². The van der Waals surface area contributed by atoms with E-state index in [1.165, 1.54) is 0 Å². The summed E-state index contributed by atoms with van der Waals surface area (Å²) in [7, 11) is -0.856. The third-order valence-corrected chi connectivity index (χ3v) is 3.08. The van der Waals surface area contributed by atoms with Gasteiger partial charge in [0, 0.05) is 6.54 Å². The van der Waals surface area contributed by atoms with Gasteiger partial charge in [0.25, 0.3) is 0 Å². The second-order valence-corrected chi connectivity index (χ2v) is 4.33. The van der Waals surface area contributed by atoms with Crippen molar-refractivity contribution < 1.29 is 14.4 Å². The molecule has 0 atom stereocenters. The van der Waals surface area contributed by atoms with E-state index in [0.29, 0.717) is 30.4 Å². The highest BCUT2D eigenvalue weighted by molar-refractivity contribution is 6.61. The summed E-state index contributed by atoms with van der Waals surface area (Å²) in [4.78, 5) is 4.21. The Bertz CT molecular complexity index is 619. The van der Waals surface area contributed by atoms with Gasteiger partial charge in [0.1, 0.15) is 17.4 Å². The Hall–Kier alpha value is -2.10. The lowest BCUT2D eigenvalue weighted by atomic mass is 9.80. The molecule has 0 saturated heterocycles. The molecule has 0 aromatic heterocycles. The number of rotatable bonds is 1. The first kappa shape index (κ1) is 12.0. The molecule has 2 heterocycles. The summed E-state index contributed by atoms with van der Waals surface area (Å²) in [5, 5.41) is 18.5. The van der Waals surface area contributed by atoms with Gasteiger partial charge in [-0.1, -0.05) is 12.1 Å². The molecule has 1 aromatic carbocycles. The topological polar surface area (TPSA) is 74.8 Å². The minimum Gasteiger partial charge on any atom is -0.438 e. The third-order valence-electron chi connectivity index (χ3n) is 3.08. The Balaban J connectivity index is 1.83. The Kier molecular flexibility index (Phi) is 3.07. The zero-order chi connectivity index (χ0) is 13.2. The van der Waals surface area contributed by atoms with Gasteiger partial charge in [-0.2, -0.15) is 5.26 Å². The average Bonchev–Trinajstić information content (AvgIpc) is 2.81. The highest BCUT2D eigenvalue weighted by Gasteiger charge is 2.27. The highest BCUT2D eigenvalue weighted by atomic mass is 16.5. The molecule has 3 rings (SSSR count). The van der Waals surface area contributed by atoms with Crippen LogP contribution in [0.15, 0.2) is 34.8 Å². The summed E-state index contributed by atoms with van der Waals surface area (Å²) in [5.41, 5.74) is 2.11. The van der Waals surface area contributed by atoms with Crippen molar-refractivity contribution in [2.45, 2.75) is 13.0 Å². The van der Waals surface area contributed by atoms with Crippen molar-refractivity contribution in [2.24, 2.45) is 4.99 Å². The monoisotopic (exact) mass is 254 g/mol. The van der Waals surface area contributed by atoms with Gasteiger partial charge in [-0.25, -0.2) is 4.99 Å². The van der Waals surface area contributed by atoms with Crippen LogP contribution in [0.5, 0.6) is 5.75 Å². The van der Waals surface area contributed by atoms with Gasteiger partial charge in [-0.3, -0.25) is 0 Å². The van der Waals surface area contributed by atoms with Crippen LogP contribution < -0.4 is 10.2 Å². The SMILES string of the molecule is N#CC1=CCCN=C1Oc1ccc2c(c1)COB2O. The molecular weight excluding hydrogens is 243 g/mol. The molecule has 0 amide bonds. The minimum atomic E-state index is -0.856. The number of dihydropyridines is 1. The van der Waals surface area contributed by atoms with Crippen LogP contribution in [0.25, 0.3) is 0 Å². The lowest BCUT2D eigenvalue weighted by Crippen LogP contribution is -2.27. The molecule has 94 valence electrons. The zero-order valence-electron chi connectivity index (χ0n) is 10.2. The van der Waals surface area contributed by atoms with Gasteiger partial charge < -0.3 is 14.4 Å². The van der Waals surface area contributed by atoms with E-state index in [2.05, 4.69) is 11.1 Å². The van der Waals surface area contributed by atoms with E-state index in [-0.39, 0.29) is 0 Å². The predicted molar refractivity (Wildman–Crippen MR) is 70.1 cm³/mol. The van der Waals surface area contributed by atoms with E-state index in [4.69, 9.17) is 14.7 Å². The summed E-state index contributed by atoms with van der Waals surface area (Å²) in [5.74, 6) is 0.950. The smallest absolute Gasteiger partial charge is 0.438 e. The molecule has 0 aliphatic carbocycles.